The van der Waals surface area contributed by atoms with E-state index in [-0.39, 0.29) is 6.10 Å². The van der Waals surface area contributed by atoms with E-state index in [2.05, 4.69) is 17.2 Å². The maximum atomic E-state index is 9.95. The Balaban J connectivity index is 1.73. The molecule has 1 atom stereocenters. The highest BCUT2D eigenvalue weighted by Gasteiger charge is 2.07. The minimum Gasteiger partial charge on any atom is -0.392 e. The Hall–Kier alpha value is -1.26. The molecule has 0 aliphatic rings. The molecular weight excluding hydrogens is 244 g/mol. The predicted octanol–water partition coefficient (Wildman–Crippen LogP) is 2.51. The SMILES string of the molecule is Cn1nccc1CCC(O)CSc1ccccc1. The fourth-order valence-corrected chi connectivity index (χ4v) is 2.65. The Morgan fingerprint density at radius 1 is 1.28 bits per heavy atom. The molecule has 0 fully saturated rings. The standard InChI is InChI=1S/C14H18N2OS/c1-16-12(9-10-15-16)7-8-13(17)11-18-14-5-3-2-4-6-14/h2-6,9-10,13,17H,7-8,11H2,1H3. The van der Waals surface area contributed by atoms with Crippen molar-refractivity contribution in [3.8, 4) is 0 Å². The van der Waals surface area contributed by atoms with Crippen LogP contribution >= 0.6 is 11.8 Å². The van der Waals surface area contributed by atoms with Gasteiger partial charge in [0.15, 0.2) is 0 Å². The van der Waals surface area contributed by atoms with Crippen molar-refractivity contribution in [1.29, 1.82) is 0 Å². The van der Waals surface area contributed by atoms with Crippen LogP contribution in [0.4, 0.5) is 0 Å². The summed E-state index contributed by atoms with van der Waals surface area (Å²) in [6.07, 6.45) is 3.16. The van der Waals surface area contributed by atoms with E-state index < -0.39 is 0 Å². The molecule has 0 saturated heterocycles. The van der Waals surface area contributed by atoms with E-state index in [1.807, 2.05) is 36.0 Å². The first-order valence-electron chi connectivity index (χ1n) is 6.08. The van der Waals surface area contributed by atoms with Crippen LogP contribution in [0.1, 0.15) is 12.1 Å². The normalized spacial score (nSPS) is 12.6. The lowest BCUT2D eigenvalue weighted by atomic mass is 10.2. The molecule has 1 N–H and O–H groups in total. The van der Waals surface area contributed by atoms with Crippen molar-refractivity contribution in [2.24, 2.45) is 7.05 Å². The third-order valence-corrected chi connectivity index (χ3v) is 4.00. The highest BCUT2D eigenvalue weighted by atomic mass is 32.2. The highest BCUT2D eigenvalue weighted by Crippen LogP contribution is 2.19. The van der Waals surface area contributed by atoms with Gasteiger partial charge >= 0.3 is 0 Å². The monoisotopic (exact) mass is 262 g/mol. The molecule has 1 heterocycles. The number of aromatic nitrogens is 2. The Labute approximate surface area is 112 Å². The van der Waals surface area contributed by atoms with Crippen LogP contribution < -0.4 is 0 Å². The average molecular weight is 262 g/mol. The number of hydrogen-bond donors (Lipinski definition) is 1. The van der Waals surface area contributed by atoms with Gasteiger partial charge in [0.05, 0.1) is 6.10 Å². The van der Waals surface area contributed by atoms with Gasteiger partial charge < -0.3 is 5.11 Å². The van der Waals surface area contributed by atoms with Gasteiger partial charge in [0.2, 0.25) is 0 Å². The largest absolute Gasteiger partial charge is 0.392 e. The van der Waals surface area contributed by atoms with E-state index in [1.54, 1.807) is 18.0 Å². The molecule has 3 nitrogen and oxygen atoms in total. The van der Waals surface area contributed by atoms with Crippen LogP contribution in [-0.4, -0.2) is 26.7 Å². The fraction of sp³-hybridized carbons (Fsp3) is 0.357. The zero-order chi connectivity index (χ0) is 12.8. The molecule has 1 aromatic carbocycles. The average Bonchev–Trinajstić information content (AvgIpc) is 2.81. The van der Waals surface area contributed by atoms with Crippen LogP contribution in [0.25, 0.3) is 0 Å². The van der Waals surface area contributed by atoms with E-state index in [0.29, 0.717) is 0 Å². The lowest BCUT2D eigenvalue weighted by Crippen LogP contribution is -2.12. The van der Waals surface area contributed by atoms with Crippen molar-refractivity contribution >= 4 is 11.8 Å². The number of aryl methyl sites for hydroxylation is 2. The molecular formula is C14H18N2OS. The zero-order valence-electron chi connectivity index (χ0n) is 10.5. The van der Waals surface area contributed by atoms with Crippen molar-refractivity contribution in [2.75, 3.05) is 5.75 Å². The first-order valence-corrected chi connectivity index (χ1v) is 7.07. The topological polar surface area (TPSA) is 38.0 Å². The summed E-state index contributed by atoms with van der Waals surface area (Å²) < 4.78 is 1.86. The molecule has 0 aliphatic heterocycles. The minimum absolute atomic E-state index is 0.273. The summed E-state index contributed by atoms with van der Waals surface area (Å²) in [7, 11) is 1.93. The maximum absolute atomic E-state index is 9.95. The van der Waals surface area contributed by atoms with Crippen LogP contribution in [0.3, 0.4) is 0 Å². The molecule has 4 heteroatoms. The Kier molecular flexibility index (Phi) is 4.84. The summed E-state index contributed by atoms with van der Waals surface area (Å²) in [5.41, 5.74) is 1.17. The van der Waals surface area contributed by atoms with E-state index in [4.69, 9.17) is 0 Å². The van der Waals surface area contributed by atoms with Crippen molar-refractivity contribution in [3.63, 3.8) is 0 Å². The molecule has 0 aliphatic carbocycles. The number of nitrogens with zero attached hydrogens (tertiary/aromatic N) is 2. The molecule has 0 spiro atoms. The van der Waals surface area contributed by atoms with Crippen molar-refractivity contribution < 1.29 is 5.11 Å². The van der Waals surface area contributed by atoms with E-state index in [9.17, 15) is 5.11 Å². The van der Waals surface area contributed by atoms with Gasteiger partial charge in [-0.05, 0) is 31.0 Å². The van der Waals surface area contributed by atoms with E-state index >= 15 is 0 Å². The van der Waals surface area contributed by atoms with Gasteiger partial charge in [-0.2, -0.15) is 5.10 Å². The van der Waals surface area contributed by atoms with Gasteiger partial charge in [0.1, 0.15) is 0 Å². The Bertz CT molecular complexity index is 470. The summed E-state index contributed by atoms with van der Waals surface area (Å²) in [6.45, 7) is 0. The first-order chi connectivity index (χ1) is 8.75. The third-order valence-electron chi connectivity index (χ3n) is 2.84. The first kappa shape index (κ1) is 13.2. The summed E-state index contributed by atoms with van der Waals surface area (Å²) in [6, 6.07) is 12.2. The quantitative estimate of drug-likeness (QED) is 0.813. The number of rotatable bonds is 6. The van der Waals surface area contributed by atoms with Gasteiger partial charge in [-0.3, -0.25) is 4.68 Å². The number of hydrogen-bond acceptors (Lipinski definition) is 3. The second-order valence-electron chi connectivity index (χ2n) is 4.26. The zero-order valence-corrected chi connectivity index (χ0v) is 11.3. The van der Waals surface area contributed by atoms with Crippen molar-refractivity contribution in [3.05, 3.63) is 48.3 Å². The molecule has 0 bridgehead atoms. The fourth-order valence-electron chi connectivity index (χ4n) is 1.75. The summed E-state index contributed by atoms with van der Waals surface area (Å²) in [5.74, 6) is 0.738. The minimum atomic E-state index is -0.273. The van der Waals surface area contributed by atoms with Gasteiger partial charge in [-0.25, -0.2) is 0 Å². The van der Waals surface area contributed by atoms with Gasteiger partial charge in [0, 0.05) is 29.6 Å². The molecule has 18 heavy (non-hydrogen) atoms. The van der Waals surface area contributed by atoms with Gasteiger partial charge in [-0.1, -0.05) is 18.2 Å². The summed E-state index contributed by atoms with van der Waals surface area (Å²) in [4.78, 5) is 1.21. The van der Waals surface area contributed by atoms with E-state index in [0.717, 1.165) is 18.6 Å². The summed E-state index contributed by atoms with van der Waals surface area (Å²) >= 11 is 1.70. The van der Waals surface area contributed by atoms with Crippen LogP contribution in [0.2, 0.25) is 0 Å². The van der Waals surface area contributed by atoms with Crippen LogP contribution in [0.5, 0.6) is 0 Å². The van der Waals surface area contributed by atoms with Crippen LogP contribution in [0.15, 0.2) is 47.5 Å². The molecule has 0 radical (unpaired) electrons. The lowest BCUT2D eigenvalue weighted by Gasteiger charge is -2.10. The third kappa shape index (κ3) is 3.89. The molecule has 96 valence electrons. The van der Waals surface area contributed by atoms with Crippen molar-refractivity contribution in [1.82, 2.24) is 9.78 Å². The maximum Gasteiger partial charge on any atom is 0.0637 e. The number of benzene rings is 1. The number of aliphatic hydroxyl groups excluding tert-OH is 1. The predicted molar refractivity (Wildman–Crippen MR) is 74.7 cm³/mol. The van der Waals surface area contributed by atoms with Gasteiger partial charge in [-0.15, -0.1) is 11.8 Å². The highest BCUT2D eigenvalue weighted by molar-refractivity contribution is 7.99. The van der Waals surface area contributed by atoms with Gasteiger partial charge in [0.25, 0.3) is 0 Å². The molecule has 0 saturated carbocycles. The number of thioether (sulfide) groups is 1. The van der Waals surface area contributed by atoms with E-state index in [1.165, 1.54) is 10.6 Å². The molecule has 1 unspecified atom stereocenters. The summed E-state index contributed by atoms with van der Waals surface area (Å²) in [5, 5.41) is 14.1. The smallest absolute Gasteiger partial charge is 0.0637 e. The second-order valence-corrected chi connectivity index (χ2v) is 5.36. The molecule has 0 amide bonds. The molecule has 2 rings (SSSR count). The lowest BCUT2D eigenvalue weighted by molar-refractivity contribution is 0.188. The van der Waals surface area contributed by atoms with Crippen LogP contribution in [-0.2, 0) is 13.5 Å². The second kappa shape index (κ2) is 6.61. The van der Waals surface area contributed by atoms with Crippen LogP contribution in [0, 0.1) is 0 Å². The molecule has 1 aromatic heterocycles. The Morgan fingerprint density at radius 2 is 2.06 bits per heavy atom. The Morgan fingerprint density at radius 3 is 2.72 bits per heavy atom. The van der Waals surface area contributed by atoms with Crippen molar-refractivity contribution in [2.45, 2.75) is 23.8 Å². The molecule has 2 aromatic rings. The number of aliphatic hydroxyl groups is 1.